The molecule has 3 rings (SSSR count). The van der Waals surface area contributed by atoms with Gasteiger partial charge in [0.25, 0.3) is 0 Å². The van der Waals surface area contributed by atoms with Crippen molar-refractivity contribution < 1.29 is 22.8 Å². The van der Waals surface area contributed by atoms with E-state index >= 15 is 0 Å². The van der Waals surface area contributed by atoms with Crippen molar-refractivity contribution >= 4 is 27.4 Å². The average Bonchev–Trinajstić information content (AvgIpc) is 2.93. The minimum atomic E-state index is -4.67. The van der Waals surface area contributed by atoms with Crippen LogP contribution in [0.4, 0.5) is 18.9 Å². The van der Waals surface area contributed by atoms with E-state index in [2.05, 4.69) is 9.59 Å². The number of benzene rings is 2. The Hall–Kier alpha value is -2.75. The van der Waals surface area contributed by atoms with Gasteiger partial charge in [0.15, 0.2) is 0 Å². The maximum atomic E-state index is 12.7. The molecule has 0 amide bonds. The Morgan fingerprint density at radius 2 is 1.96 bits per heavy atom. The van der Waals surface area contributed by atoms with Crippen LogP contribution in [0, 0.1) is 10.1 Å². The molecule has 2 aromatic carbocycles. The number of hydrogen-bond acceptors (Lipinski definition) is 6. The quantitative estimate of drug-likeness (QED) is 0.521. The molecule has 6 nitrogen and oxygen atoms in total. The van der Waals surface area contributed by atoms with Gasteiger partial charge in [-0.3, -0.25) is 10.1 Å². The number of ether oxygens (including phenoxy) is 1. The molecule has 0 saturated carbocycles. The fourth-order valence-corrected chi connectivity index (χ4v) is 2.46. The normalized spacial score (nSPS) is 11.6. The summed E-state index contributed by atoms with van der Waals surface area (Å²) >= 11 is 1.10. The van der Waals surface area contributed by atoms with E-state index in [1.165, 1.54) is 6.07 Å². The second kappa shape index (κ2) is 5.47. The smallest absolute Gasteiger partial charge is 0.416 e. The molecule has 0 aliphatic heterocycles. The van der Waals surface area contributed by atoms with Gasteiger partial charge in [-0.2, -0.15) is 13.2 Å². The van der Waals surface area contributed by atoms with Crippen LogP contribution in [0.15, 0.2) is 36.4 Å². The number of fused-ring (bicyclic) bond motifs is 1. The number of halogens is 3. The largest absolute Gasteiger partial charge is 0.450 e. The molecular weight excluding hydrogens is 335 g/mol. The van der Waals surface area contributed by atoms with Crippen molar-refractivity contribution in [2.75, 3.05) is 0 Å². The second-order valence-corrected chi connectivity index (χ2v) is 5.23. The zero-order chi connectivity index (χ0) is 16.6. The van der Waals surface area contributed by atoms with Gasteiger partial charge in [-0.15, -0.1) is 5.10 Å². The van der Waals surface area contributed by atoms with Crippen molar-refractivity contribution in [3.8, 4) is 11.5 Å². The number of aromatic nitrogens is 2. The van der Waals surface area contributed by atoms with Gasteiger partial charge < -0.3 is 4.74 Å². The zero-order valence-electron chi connectivity index (χ0n) is 11.1. The highest BCUT2D eigenvalue weighted by Gasteiger charge is 2.33. The molecule has 0 aliphatic rings. The molecule has 118 valence electrons. The average molecular weight is 341 g/mol. The molecule has 0 radical (unpaired) electrons. The summed E-state index contributed by atoms with van der Waals surface area (Å²) in [6.07, 6.45) is -4.67. The molecule has 0 atom stereocenters. The fourth-order valence-electron chi connectivity index (χ4n) is 1.87. The molecule has 10 heteroatoms. The third-order valence-corrected chi connectivity index (χ3v) is 3.62. The van der Waals surface area contributed by atoms with Gasteiger partial charge in [0.2, 0.25) is 5.75 Å². The van der Waals surface area contributed by atoms with E-state index in [0.717, 1.165) is 23.7 Å². The van der Waals surface area contributed by atoms with Gasteiger partial charge >= 0.3 is 11.9 Å². The van der Waals surface area contributed by atoms with Crippen molar-refractivity contribution in [2.45, 2.75) is 6.18 Å². The lowest BCUT2D eigenvalue weighted by atomic mass is 10.2. The second-order valence-electron chi connectivity index (χ2n) is 4.44. The Balaban J connectivity index is 1.99. The minimum absolute atomic E-state index is 0.242. The van der Waals surface area contributed by atoms with E-state index in [9.17, 15) is 23.3 Å². The molecule has 23 heavy (non-hydrogen) atoms. The number of nitro benzene ring substituents is 1. The summed E-state index contributed by atoms with van der Waals surface area (Å²) in [5.41, 5.74) is -1.25. The van der Waals surface area contributed by atoms with E-state index in [0.29, 0.717) is 16.3 Å². The number of alkyl halides is 3. The minimum Gasteiger partial charge on any atom is -0.450 e. The molecule has 0 fully saturated rings. The van der Waals surface area contributed by atoms with Crippen LogP contribution in [0.1, 0.15) is 5.56 Å². The molecule has 0 N–H and O–H groups in total. The van der Waals surface area contributed by atoms with Gasteiger partial charge in [-0.05, 0) is 35.8 Å². The summed E-state index contributed by atoms with van der Waals surface area (Å²) in [7, 11) is 0. The van der Waals surface area contributed by atoms with Crippen LogP contribution in [0.3, 0.4) is 0 Å². The first-order valence-corrected chi connectivity index (χ1v) is 6.87. The van der Waals surface area contributed by atoms with Crippen LogP contribution in [0.5, 0.6) is 11.5 Å². The van der Waals surface area contributed by atoms with Crippen LogP contribution in [-0.2, 0) is 6.18 Å². The molecule has 3 aromatic rings. The Labute approximate surface area is 130 Å². The van der Waals surface area contributed by atoms with E-state index < -0.39 is 22.4 Å². The topological polar surface area (TPSA) is 78.2 Å². The van der Waals surface area contributed by atoms with Crippen molar-refractivity contribution in [3.63, 3.8) is 0 Å². The lowest BCUT2D eigenvalue weighted by Gasteiger charge is -2.09. The van der Waals surface area contributed by atoms with Gasteiger partial charge in [-0.25, -0.2) is 0 Å². The molecule has 1 heterocycles. The fraction of sp³-hybridized carbons (Fsp3) is 0.0769. The van der Waals surface area contributed by atoms with E-state index in [4.69, 9.17) is 4.74 Å². The van der Waals surface area contributed by atoms with Gasteiger partial charge in [0.05, 0.1) is 15.2 Å². The van der Waals surface area contributed by atoms with Gasteiger partial charge in [0, 0.05) is 12.1 Å². The Bertz CT molecular complexity index is 895. The van der Waals surface area contributed by atoms with E-state index in [1.807, 2.05) is 0 Å². The van der Waals surface area contributed by atoms with Crippen LogP contribution in [0.25, 0.3) is 10.2 Å². The summed E-state index contributed by atoms with van der Waals surface area (Å²) in [6, 6.07) is 6.77. The number of nitro groups is 1. The van der Waals surface area contributed by atoms with Crippen molar-refractivity contribution in [1.29, 1.82) is 0 Å². The first-order chi connectivity index (χ1) is 10.8. The standard InChI is InChI=1S/C13H6F3N3O3S/c14-13(15,16)7-1-4-11(10(5-7)19(20)21)22-8-2-3-9-12(6-8)23-18-17-9/h1-6H. The summed E-state index contributed by atoms with van der Waals surface area (Å²) in [5, 5.41) is 14.8. The highest BCUT2D eigenvalue weighted by molar-refractivity contribution is 7.12. The predicted molar refractivity (Wildman–Crippen MR) is 75.6 cm³/mol. The number of hydrogen-bond donors (Lipinski definition) is 0. The molecule has 0 saturated heterocycles. The highest BCUT2D eigenvalue weighted by Crippen LogP contribution is 2.38. The van der Waals surface area contributed by atoms with Crippen molar-refractivity contribution in [1.82, 2.24) is 9.59 Å². The SMILES string of the molecule is O=[N+]([O-])c1cc(C(F)(F)F)ccc1Oc1ccc2nnsc2c1. The maximum absolute atomic E-state index is 12.7. The van der Waals surface area contributed by atoms with E-state index in [-0.39, 0.29) is 11.5 Å². The van der Waals surface area contributed by atoms with E-state index in [1.54, 1.807) is 12.1 Å². The molecule has 0 unspecified atom stereocenters. The first-order valence-electron chi connectivity index (χ1n) is 6.10. The third kappa shape index (κ3) is 3.06. The summed E-state index contributed by atoms with van der Waals surface area (Å²) in [5.74, 6) is -0.0359. The van der Waals surface area contributed by atoms with Gasteiger partial charge in [-0.1, -0.05) is 4.49 Å². The zero-order valence-corrected chi connectivity index (χ0v) is 11.9. The molecule has 0 bridgehead atoms. The van der Waals surface area contributed by atoms with Crippen LogP contribution < -0.4 is 4.74 Å². The Kier molecular flexibility index (Phi) is 3.60. The number of rotatable bonds is 3. The van der Waals surface area contributed by atoms with Crippen molar-refractivity contribution in [3.05, 3.63) is 52.1 Å². The van der Waals surface area contributed by atoms with Crippen LogP contribution in [0.2, 0.25) is 0 Å². The predicted octanol–water partition coefficient (Wildman–Crippen LogP) is 4.41. The summed E-state index contributed by atoms with van der Waals surface area (Å²) in [4.78, 5) is 10.1. The lowest BCUT2D eigenvalue weighted by Crippen LogP contribution is -2.06. The Morgan fingerprint density at radius 3 is 2.65 bits per heavy atom. The lowest BCUT2D eigenvalue weighted by molar-refractivity contribution is -0.385. The van der Waals surface area contributed by atoms with Gasteiger partial charge in [0.1, 0.15) is 11.3 Å². The molecule has 1 aromatic heterocycles. The molecular formula is C13H6F3N3O3S. The first kappa shape index (κ1) is 15.2. The Morgan fingerprint density at radius 1 is 1.17 bits per heavy atom. The number of nitrogens with zero attached hydrogens (tertiary/aromatic N) is 3. The van der Waals surface area contributed by atoms with Crippen LogP contribution >= 0.6 is 11.5 Å². The highest BCUT2D eigenvalue weighted by atomic mass is 32.1. The monoisotopic (exact) mass is 341 g/mol. The van der Waals surface area contributed by atoms with Crippen molar-refractivity contribution in [2.24, 2.45) is 0 Å². The summed E-state index contributed by atoms with van der Waals surface area (Å²) < 4.78 is 47.7. The molecule has 0 aliphatic carbocycles. The molecule has 0 spiro atoms. The third-order valence-electron chi connectivity index (χ3n) is 2.93. The van der Waals surface area contributed by atoms with Crippen LogP contribution in [-0.4, -0.2) is 14.5 Å². The summed E-state index contributed by atoms with van der Waals surface area (Å²) in [6.45, 7) is 0. The maximum Gasteiger partial charge on any atom is 0.416 e.